The number of halogens is 1. The van der Waals surface area contributed by atoms with Crippen LogP contribution in [0.1, 0.15) is 50.1 Å². The Morgan fingerprint density at radius 1 is 1.36 bits per heavy atom. The fourth-order valence-electron chi connectivity index (χ4n) is 3.53. The van der Waals surface area contributed by atoms with Gasteiger partial charge < -0.3 is 25.8 Å². The summed E-state index contributed by atoms with van der Waals surface area (Å²) in [7, 11) is 1.77. The Morgan fingerprint density at radius 2 is 2.14 bits per heavy atom. The molecule has 8 nitrogen and oxygen atoms in total. The minimum atomic E-state index is -0.172. The Labute approximate surface area is 185 Å². The van der Waals surface area contributed by atoms with Crippen LogP contribution in [0.2, 0.25) is 0 Å². The maximum absolute atomic E-state index is 11.4. The minimum Gasteiger partial charge on any atom is -0.369 e. The number of likely N-dealkylation sites (tertiary alicyclic amines) is 1. The summed E-state index contributed by atoms with van der Waals surface area (Å²) in [5.41, 5.74) is 7.58. The summed E-state index contributed by atoms with van der Waals surface area (Å²) in [5, 5.41) is 10.8. The van der Waals surface area contributed by atoms with Gasteiger partial charge in [0.15, 0.2) is 5.96 Å². The molecule has 1 unspecified atom stereocenters. The summed E-state index contributed by atoms with van der Waals surface area (Å²) >= 11 is 0. The third-order valence-electron chi connectivity index (χ3n) is 5.11. The number of guanidine groups is 1. The van der Waals surface area contributed by atoms with E-state index in [0.717, 1.165) is 81.3 Å². The lowest BCUT2D eigenvalue weighted by Gasteiger charge is -2.31. The van der Waals surface area contributed by atoms with Crippen LogP contribution in [0.15, 0.2) is 9.52 Å². The van der Waals surface area contributed by atoms with Crippen molar-refractivity contribution in [3.63, 3.8) is 0 Å². The van der Waals surface area contributed by atoms with Crippen LogP contribution in [0.4, 0.5) is 0 Å². The summed E-state index contributed by atoms with van der Waals surface area (Å²) < 4.78 is 5.40. The highest BCUT2D eigenvalue weighted by molar-refractivity contribution is 14.0. The second-order valence-corrected chi connectivity index (χ2v) is 6.99. The second kappa shape index (κ2) is 13.0. The molecule has 0 saturated carbocycles. The maximum Gasteiger partial charge on any atom is 0.221 e. The number of aromatic nitrogens is 1. The molecule has 0 spiro atoms. The van der Waals surface area contributed by atoms with E-state index in [1.807, 2.05) is 0 Å². The number of rotatable bonds is 9. The number of nitrogens with two attached hydrogens (primary N) is 1. The number of aliphatic imine (C=N–C) groups is 1. The van der Waals surface area contributed by atoms with E-state index in [-0.39, 0.29) is 35.8 Å². The third-order valence-corrected chi connectivity index (χ3v) is 5.11. The maximum atomic E-state index is 11.4. The van der Waals surface area contributed by atoms with E-state index in [4.69, 9.17) is 10.3 Å². The summed E-state index contributed by atoms with van der Waals surface area (Å²) in [4.78, 5) is 18.0. The number of hydrogen-bond donors (Lipinski definition) is 3. The molecule has 2 heterocycles. The van der Waals surface area contributed by atoms with Crippen LogP contribution in [0, 0.1) is 5.92 Å². The van der Waals surface area contributed by atoms with E-state index >= 15 is 0 Å². The van der Waals surface area contributed by atoms with Gasteiger partial charge in [0, 0.05) is 38.7 Å². The predicted octanol–water partition coefficient (Wildman–Crippen LogP) is 1.67. The zero-order valence-electron chi connectivity index (χ0n) is 17.3. The number of aryl methyl sites for hydroxylation is 2. The molecule has 0 aromatic carbocycles. The lowest BCUT2D eigenvalue weighted by atomic mass is 9.97. The molecule has 0 radical (unpaired) electrons. The van der Waals surface area contributed by atoms with Gasteiger partial charge in [-0.05, 0) is 38.8 Å². The molecular weight excluding hydrogens is 471 g/mol. The fraction of sp³-hybridized carbons (Fsp3) is 0.737. The number of hydrogen-bond acceptors (Lipinski definition) is 5. The zero-order chi connectivity index (χ0) is 19.6. The van der Waals surface area contributed by atoms with Crippen molar-refractivity contribution in [3.8, 4) is 0 Å². The van der Waals surface area contributed by atoms with Gasteiger partial charge in [-0.3, -0.25) is 9.79 Å². The van der Waals surface area contributed by atoms with Crippen molar-refractivity contribution in [3.05, 3.63) is 17.0 Å². The largest absolute Gasteiger partial charge is 0.369 e. The average Bonchev–Trinajstić information content (AvgIpc) is 3.09. The average molecular weight is 506 g/mol. The van der Waals surface area contributed by atoms with Gasteiger partial charge in [-0.1, -0.05) is 19.0 Å². The van der Waals surface area contributed by atoms with Gasteiger partial charge in [-0.15, -0.1) is 24.0 Å². The molecule has 28 heavy (non-hydrogen) atoms. The molecule has 1 amide bonds. The van der Waals surface area contributed by atoms with Crippen LogP contribution in [0.25, 0.3) is 0 Å². The van der Waals surface area contributed by atoms with Gasteiger partial charge in [0.1, 0.15) is 5.76 Å². The molecule has 1 aromatic heterocycles. The van der Waals surface area contributed by atoms with E-state index in [2.05, 4.69) is 39.5 Å². The molecule has 1 aromatic rings. The highest BCUT2D eigenvalue weighted by atomic mass is 127. The first-order chi connectivity index (χ1) is 13.1. The highest BCUT2D eigenvalue weighted by Crippen LogP contribution is 2.16. The third kappa shape index (κ3) is 7.23. The molecule has 1 atom stereocenters. The number of primary amides is 1. The predicted molar refractivity (Wildman–Crippen MR) is 122 cm³/mol. The highest BCUT2D eigenvalue weighted by Gasteiger charge is 2.23. The Hall–Kier alpha value is -1.36. The lowest BCUT2D eigenvalue weighted by molar-refractivity contribution is -0.123. The molecule has 1 aliphatic rings. The SMILES string of the molecule is CCc1noc(CC)c1CNC(=NC)NCCCN1CCCC(C(N)=O)C1.I. The van der Waals surface area contributed by atoms with Crippen LogP contribution < -0.4 is 16.4 Å². The van der Waals surface area contributed by atoms with Crippen molar-refractivity contribution in [1.29, 1.82) is 0 Å². The summed E-state index contributed by atoms with van der Waals surface area (Å²) in [5.74, 6) is 1.54. The number of nitrogens with zero attached hydrogens (tertiary/aromatic N) is 3. The van der Waals surface area contributed by atoms with Gasteiger partial charge >= 0.3 is 0 Å². The Balaban J connectivity index is 0.00000392. The standard InChI is InChI=1S/C19H34N6O2.HI/c1-4-16-15(17(5-2)27-24-16)12-23-19(21-3)22-9-7-11-25-10-6-8-14(13-25)18(20)26;/h14H,4-13H2,1-3H3,(H2,20,26)(H2,21,22,23);1H. The topological polar surface area (TPSA) is 109 Å². The van der Waals surface area contributed by atoms with Crippen molar-refractivity contribution >= 4 is 35.8 Å². The van der Waals surface area contributed by atoms with Crippen LogP contribution in [-0.4, -0.2) is 55.2 Å². The quantitative estimate of drug-likeness (QED) is 0.204. The monoisotopic (exact) mass is 506 g/mol. The Kier molecular flexibility index (Phi) is 11.4. The van der Waals surface area contributed by atoms with Gasteiger partial charge in [-0.2, -0.15) is 0 Å². The van der Waals surface area contributed by atoms with E-state index in [0.29, 0.717) is 6.54 Å². The van der Waals surface area contributed by atoms with Crippen molar-refractivity contribution < 1.29 is 9.32 Å². The molecule has 0 bridgehead atoms. The van der Waals surface area contributed by atoms with Crippen molar-refractivity contribution in [2.45, 2.75) is 52.5 Å². The molecule has 1 aliphatic heterocycles. The molecule has 1 fully saturated rings. The smallest absolute Gasteiger partial charge is 0.221 e. The Bertz CT molecular complexity index is 612. The van der Waals surface area contributed by atoms with Crippen molar-refractivity contribution in [2.24, 2.45) is 16.6 Å². The van der Waals surface area contributed by atoms with Crippen molar-refractivity contribution in [2.75, 3.05) is 33.2 Å². The van der Waals surface area contributed by atoms with Crippen LogP contribution in [-0.2, 0) is 24.2 Å². The molecule has 9 heteroatoms. The van der Waals surface area contributed by atoms with Crippen LogP contribution in [0.5, 0.6) is 0 Å². The Morgan fingerprint density at radius 3 is 2.79 bits per heavy atom. The van der Waals surface area contributed by atoms with E-state index in [1.165, 1.54) is 0 Å². The first-order valence-electron chi connectivity index (χ1n) is 10.0. The zero-order valence-corrected chi connectivity index (χ0v) is 19.6. The molecule has 0 aliphatic carbocycles. The number of amides is 1. The summed E-state index contributed by atoms with van der Waals surface area (Å²) in [6.45, 7) is 8.42. The van der Waals surface area contributed by atoms with Gasteiger partial charge in [-0.25, -0.2) is 0 Å². The minimum absolute atomic E-state index is 0. The lowest BCUT2D eigenvalue weighted by Crippen LogP contribution is -2.42. The molecule has 1 saturated heterocycles. The number of carbonyl (C=O) groups is 1. The molecule has 2 rings (SSSR count). The van der Waals surface area contributed by atoms with E-state index in [9.17, 15) is 4.79 Å². The molecular formula is C19H35IN6O2. The van der Waals surface area contributed by atoms with Crippen LogP contribution >= 0.6 is 24.0 Å². The normalized spacial score (nSPS) is 17.8. The van der Waals surface area contributed by atoms with Gasteiger partial charge in [0.25, 0.3) is 0 Å². The van der Waals surface area contributed by atoms with Crippen LogP contribution in [0.3, 0.4) is 0 Å². The molecule has 4 N–H and O–H groups in total. The van der Waals surface area contributed by atoms with Gasteiger partial charge in [0.2, 0.25) is 5.91 Å². The van der Waals surface area contributed by atoms with Gasteiger partial charge in [0.05, 0.1) is 11.6 Å². The first-order valence-corrected chi connectivity index (χ1v) is 10.0. The number of nitrogens with one attached hydrogen (secondary N) is 2. The number of carbonyl (C=O) groups excluding carboxylic acids is 1. The summed E-state index contributed by atoms with van der Waals surface area (Å²) in [6, 6.07) is 0. The second-order valence-electron chi connectivity index (χ2n) is 6.99. The number of piperidine rings is 1. The molecule has 160 valence electrons. The van der Waals surface area contributed by atoms with E-state index < -0.39 is 0 Å². The fourth-order valence-corrected chi connectivity index (χ4v) is 3.53. The first kappa shape index (κ1) is 24.7. The van der Waals surface area contributed by atoms with Crippen molar-refractivity contribution in [1.82, 2.24) is 20.7 Å². The summed E-state index contributed by atoms with van der Waals surface area (Å²) in [6.07, 6.45) is 4.64. The van der Waals surface area contributed by atoms with E-state index in [1.54, 1.807) is 7.05 Å².